The molecule has 1 unspecified atom stereocenters. The fraction of sp³-hybridized carbons (Fsp3) is 0.107. The minimum absolute atomic E-state index is 0.0138. The summed E-state index contributed by atoms with van der Waals surface area (Å²) >= 11 is 6.00. The van der Waals surface area contributed by atoms with E-state index in [9.17, 15) is 18.0 Å². The van der Waals surface area contributed by atoms with Gasteiger partial charge in [0.2, 0.25) is 0 Å². The van der Waals surface area contributed by atoms with Gasteiger partial charge in [-0.05, 0) is 60.2 Å². The Kier molecular flexibility index (Phi) is 7.58. The first-order valence-electron chi connectivity index (χ1n) is 12.0. The molecule has 1 amide bonds. The molecule has 0 fully saturated rings. The van der Waals surface area contributed by atoms with Crippen LogP contribution in [-0.4, -0.2) is 37.6 Å². The van der Waals surface area contributed by atoms with Gasteiger partial charge in [0.05, 0.1) is 28.1 Å². The van der Waals surface area contributed by atoms with Crippen molar-refractivity contribution in [3.05, 3.63) is 113 Å². The van der Waals surface area contributed by atoms with E-state index in [1.807, 2.05) is 0 Å². The number of carbonyl (C=O) groups excluding carboxylic acids is 2. The predicted octanol–water partition coefficient (Wildman–Crippen LogP) is 4.85. The number of hydrazone groups is 1. The van der Waals surface area contributed by atoms with Crippen molar-refractivity contribution in [1.82, 2.24) is 5.01 Å². The molecule has 10 nitrogen and oxygen atoms in total. The number of nitrogen functional groups attached to an aromatic ring is 1. The van der Waals surface area contributed by atoms with E-state index in [1.165, 1.54) is 41.6 Å². The van der Waals surface area contributed by atoms with Gasteiger partial charge in [0, 0.05) is 17.1 Å². The molecular weight excluding hydrogens is 556 g/mol. The Labute approximate surface area is 235 Å². The van der Waals surface area contributed by atoms with Crippen molar-refractivity contribution >= 4 is 50.6 Å². The highest BCUT2D eigenvalue weighted by molar-refractivity contribution is 7.92. The van der Waals surface area contributed by atoms with E-state index in [1.54, 1.807) is 54.6 Å². The number of hydrogen-bond acceptors (Lipinski definition) is 8. The minimum Gasteiger partial charge on any atom is -0.467 e. The summed E-state index contributed by atoms with van der Waals surface area (Å²) in [6.07, 6.45) is 1.88. The van der Waals surface area contributed by atoms with Gasteiger partial charge in [-0.1, -0.05) is 41.9 Å². The molecule has 0 spiro atoms. The number of rotatable bonds is 8. The van der Waals surface area contributed by atoms with Crippen LogP contribution in [0.1, 0.15) is 34.1 Å². The lowest BCUT2D eigenvalue weighted by Crippen LogP contribution is -2.31. The van der Waals surface area contributed by atoms with Crippen LogP contribution in [0.15, 0.2) is 106 Å². The van der Waals surface area contributed by atoms with Gasteiger partial charge in [0.25, 0.3) is 15.9 Å². The van der Waals surface area contributed by atoms with Gasteiger partial charge in [-0.25, -0.2) is 18.2 Å². The Morgan fingerprint density at radius 1 is 1.05 bits per heavy atom. The molecule has 1 aliphatic rings. The first kappa shape index (κ1) is 27.0. The third-order valence-electron chi connectivity index (χ3n) is 6.10. The lowest BCUT2D eigenvalue weighted by molar-refractivity contribution is -0.136. The molecule has 0 radical (unpaired) electrons. The van der Waals surface area contributed by atoms with Crippen molar-refractivity contribution in [2.24, 2.45) is 5.10 Å². The Bertz CT molecular complexity index is 1690. The molecule has 0 saturated carbocycles. The summed E-state index contributed by atoms with van der Waals surface area (Å²) in [5.41, 5.74) is 7.32. The van der Waals surface area contributed by atoms with Crippen LogP contribution in [0.5, 0.6) is 0 Å². The number of ether oxygens (including phenoxy) is 1. The number of carbonyl (C=O) groups is 2. The average Bonchev–Trinajstić information content (AvgIpc) is 3.63. The molecule has 0 saturated heterocycles. The third kappa shape index (κ3) is 5.85. The maximum atomic E-state index is 13.2. The van der Waals surface area contributed by atoms with Gasteiger partial charge in [-0.3, -0.25) is 9.52 Å². The molecule has 1 atom stereocenters. The number of amides is 1. The van der Waals surface area contributed by atoms with E-state index in [0.29, 0.717) is 22.9 Å². The van der Waals surface area contributed by atoms with E-state index < -0.39 is 34.5 Å². The van der Waals surface area contributed by atoms with Crippen LogP contribution in [0.25, 0.3) is 0 Å². The van der Waals surface area contributed by atoms with E-state index in [4.69, 9.17) is 26.5 Å². The Morgan fingerprint density at radius 2 is 1.82 bits per heavy atom. The first-order chi connectivity index (χ1) is 19.2. The number of nitrogens with two attached hydrogens (primary N) is 1. The predicted molar refractivity (Wildman–Crippen MR) is 149 cm³/mol. The summed E-state index contributed by atoms with van der Waals surface area (Å²) in [6, 6.07) is 21.6. The average molecular weight is 579 g/mol. The van der Waals surface area contributed by atoms with Crippen LogP contribution in [0.4, 0.5) is 11.4 Å². The van der Waals surface area contributed by atoms with Crippen molar-refractivity contribution < 1.29 is 27.2 Å². The van der Waals surface area contributed by atoms with Crippen LogP contribution in [-0.2, 0) is 19.6 Å². The summed E-state index contributed by atoms with van der Waals surface area (Å²) in [5.74, 6) is -0.958. The van der Waals surface area contributed by atoms with E-state index in [-0.39, 0.29) is 21.8 Å². The zero-order valence-electron chi connectivity index (χ0n) is 20.9. The zero-order chi connectivity index (χ0) is 28.3. The van der Waals surface area contributed by atoms with Gasteiger partial charge >= 0.3 is 5.97 Å². The molecule has 3 N–H and O–H groups in total. The molecule has 1 aliphatic heterocycles. The number of benzene rings is 3. The lowest BCUT2D eigenvalue weighted by Gasteiger charge is -2.20. The summed E-state index contributed by atoms with van der Waals surface area (Å²) in [5, 5.41) is 6.28. The summed E-state index contributed by atoms with van der Waals surface area (Å²) in [6.45, 7) is -0.635. The van der Waals surface area contributed by atoms with Gasteiger partial charge in [0.1, 0.15) is 11.8 Å². The maximum absolute atomic E-state index is 13.2. The highest BCUT2D eigenvalue weighted by Crippen LogP contribution is 2.33. The summed E-state index contributed by atoms with van der Waals surface area (Å²) in [7, 11) is -4.05. The number of hydrogen-bond donors (Lipinski definition) is 2. The monoisotopic (exact) mass is 578 g/mol. The van der Waals surface area contributed by atoms with E-state index >= 15 is 0 Å². The number of halogens is 1. The normalized spacial score (nSPS) is 15.0. The maximum Gasteiger partial charge on any atom is 0.340 e. The molecule has 0 bridgehead atoms. The number of nitrogens with zero attached hydrogens (tertiary/aromatic N) is 2. The van der Waals surface area contributed by atoms with Crippen LogP contribution < -0.4 is 10.5 Å². The van der Waals surface area contributed by atoms with Crippen molar-refractivity contribution in [2.75, 3.05) is 17.1 Å². The topological polar surface area (TPSA) is 144 Å². The molecule has 5 rings (SSSR count). The molecular formula is C28H23ClN4O6S. The number of furan rings is 1. The van der Waals surface area contributed by atoms with Gasteiger partial charge in [0.15, 0.2) is 6.61 Å². The molecule has 204 valence electrons. The summed E-state index contributed by atoms with van der Waals surface area (Å²) < 4.78 is 39.0. The highest BCUT2D eigenvalue weighted by atomic mass is 35.5. The Morgan fingerprint density at radius 3 is 2.55 bits per heavy atom. The van der Waals surface area contributed by atoms with Crippen LogP contribution in [0, 0.1) is 0 Å². The van der Waals surface area contributed by atoms with Gasteiger partial charge in [-0.2, -0.15) is 5.10 Å². The fourth-order valence-electron chi connectivity index (χ4n) is 4.17. The van der Waals surface area contributed by atoms with Crippen molar-refractivity contribution in [3.8, 4) is 0 Å². The van der Waals surface area contributed by atoms with Crippen LogP contribution in [0.3, 0.4) is 0 Å². The molecule has 12 heteroatoms. The van der Waals surface area contributed by atoms with E-state index in [0.717, 1.165) is 5.56 Å². The molecule has 3 aromatic carbocycles. The summed E-state index contributed by atoms with van der Waals surface area (Å²) in [4.78, 5) is 26.1. The largest absolute Gasteiger partial charge is 0.467 e. The number of sulfonamides is 1. The lowest BCUT2D eigenvalue weighted by atomic mass is 10.0. The van der Waals surface area contributed by atoms with Crippen molar-refractivity contribution in [3.63, 3.8) is 0 Å². The molecule has 2 heterocycles. The quantitative estimate of drug-likeness (QED) is 0.224. The van der Waals surface area contributed by atoms with Gasteiger partial charge < -0.3 is 14.9 Å². The molecule has 0 aliphatic carbocycles. The minimum atomic E-state index is -4.05. The number of nitrogens with one attached hydrogen (secondary N) is 1. The molecule has 1 aromatic heterocycles. The first-order valence-corrected chi connectivity index (χ1v) is 13.9. The SMILES string of the molecule is Nc1cccc(S(=O)(=O)Nc2ccccc2C(=O)OCC(=O)N2N=C(c3ccc(Cl)cc3)CC2c2ccco2)c1. The fourth-order valence-corrected chi connectivity index (χ4v) is 5.43. The smallest absolute Gasteiger partial charge is 0.340 e. The Balaban J connectivity index is 1.32. The van der Waals surface area contributed by atoms with Crippen LogP contribution in [0.2, 0.25) is 5.02 Å². The second-order valence-electron chi connectivity index (χ2n) is 8.83. The molecule has 4 aromatic rings. The Hall–Kier alpha value is -4.61. The number of para-hydroxylation sites is 1. The highest BCUT2D eigenvalue weighted by Gasteiger charge is 2.35. The third-order valence-corrected chi connectivity index (χ3v) is 7.72. The number of anilines is 2. The van der Waals surface area contributed by atoms with Crippen LogP contribution >= 0.6 is 11.6 Å². The molecule has 40 heavy (non-hydrogen) atoms. The van der Waals surface area contributed by atoms with Crippen molar-refractivity contribution in [2.45, 2.75) is 17.4 Å². The number of esters is 1. The van der Waals surface area contributed by atoms with E-state index in [2.05, 4.69) is 9.82 Å². The zero-order valence-corrected chi connectivity index (χ0v) is 22.4. The second-order valence-corrected chi connectivity index (χ2v) is 10.9. The van der Waals surface area contributed by atoms with Crippen molar-refractivity contribution in [1.29, 1.82) is 0 Å². The van der Waals surface area contributed by atoms with Gasteiger partial charge in [-0.15, -0.1) is 0 Å². The second kappa shape index (κ2) is 11.2. The standard InChI is InChI=1S/C28H23ClN4O6S/c29-19-12-10-18(11-13-19)24-16-25(26-9-4-14-38-26)33(31-24)27(34)17-39-28(35)22-7-1-2-8-23(22)32-40(36,37)21-6-3-5-20(30)15-21/h1-15,25,32H,16-17,30H2.